The van der Waals surface area contributed by atoms with Crippen molar-refractivity contribution in [3.05, 3.63) is 46.3 Å². The van der Waals surface area contributed by atoms with E-state index in [0.29, 0.717) is 5.56 Å². The minimum atomic E-state index is -2.37. The van der Waals surface area contributed by atoms with Crippen LogP contribution in [0.5, 0.6) is 11.6 Å². The number of carboxylic acids is 2. The molecule has 2 rings (SSSR count). The topological polar surface area (TPSA) is 119 Å². The SMILES string of the molecule is COc1ncnc(C(Cc2ccc(Br)cc2)(C(=O)O)C(=O)O)c1OC. The molecule has 0 aliphatic carbocycles. The van der Waals surface area contributed by atoms with E-state index in [0.717, 1.165) is 10.8 Å². The van der Waals surface area contributed by atoms with Gasteiger partial charge < -0.3 is 19.7 Å². The van der Waals surface area contributed by atoms with Gasteiger partial charge in [-0.3, -0.25) is 9.59 Å². The summed E-state index contributed by atoms with van der Waals surface area (Å²) in [5, 5.41) is 19.6. The van der Waals surface area contributed by atoms with Crippen molar-refractivity contribution in [3.63, 3.8) is 0 Å². The van der Waals surface area contributed by atoms with Crippen molar-refractivity contribution in [2.75, 3.05) is 14.2 Å². The molecule has 1 aromatic heterocycles. The van der Waals surface area contributed by atoms with Crippen LogP contribution in [0.25, 0.3) is 0 Å². The molecule has 8 nitrogen and oxygen atoms in total. The lowest BCUT2D eigenvalue weighted by atomic mass is 9.78. The number of carbonyl (C=O) groups is 2. The Balaban J connectivity index is 2.70. The predicted octanol–water partition coefficient (Wildman–Crippen LogP) is 1.91. The average molecular weight is 411 g/mol. The van der Waals surface area contributed by atoms with Crippen LogP contribution in [0.2, 0.25) is 0 Å². The summed E-state index contributed by atoms with van der Waals surface area (Å²) in [7, 11) is 2.57. The molecule has 1 heterocycles. The zero-order valence-corrected chi connectivity index (χ0v) is 15.0. The van der Waals surface area contributed by atoms with Gasteiger partial charge in [-0.15, -0.1) is 0 Å². The summed E-state index contributed by atoms with van der Waals surface area (Å²) in [5.41, 5.74) is -2.15. The van der Waals surface area contributed by atoms with Gasteiger partial charge in [-0.05, 0) is 17.7 Å². The second-order valence-electron chi connectivity index (χ2n) is 5.08. The molecule has 0 saturated heterocycles. The highest BCUT2D eigenvalue weighted by Gasteiger charge is 2.52. The van der Waals surface area contributed by atoms with Crippen molar-refractivity contribution in [2.24, 2.45) is 0 Å². The second kappa shape index (κ2) is 7.47. The zero-order chi connectivity index (χ0) is 18.6. The van der Waals surface area contributed by atoms with Crippen LogP contribution in [0.1, 0.15) is 11.3 Å². The molecule has 0 fully saturated rings. The first kappa shape index (κ1) is 18.7. The van der Waals surface area contributed by atoms with Crippen LogP contribution in [0.3, 0.4) is 0 Å². The second-order valence-corrected chi connectivity index (χ2v) is 6.00. The van der Waals surface area contributed by atoms with Gasteiger partial charge >= 0.3 is 11.9 Å². The highest BCUT2D eigenvalue weighted by molar-refractivity contribution is 9.10. The number of carboxylic acid groups (broad SMARTS) is 2. The Kier molecular flexibility index (Phi) is 5.58. The highest BCUT2D eigenvalue weighted by atomic mass is 79.9. The molecule has 0 unspecified atom stereocenters. The number of ether oxygens (including phenoxy) is 2. The maximum absolute atomic E-state index is 12.1. The number of methoxy groups -OCH3 is 2. The molecule has 0 aliphatic heterocycles. The Labute approximate surface area is 151 Å². The molecule has 0 amide bonds. The molecule has 0 saturated carbocycles. The number of hydrogen-bond donors (Lipinski definition) is 2. The summed E-state index contributed by atoms with van der Waals surface area (Å²) < 4.78 is 11.0. The first-order valence-electron chi connectivity index (χ1n) is 7.01. The van der Waals surface area contributed by atoms with Crippen LogP contribution in [0, 0.1) is 0 Å². The number of nitrogens with zero attached hydrogens (tertiary/aromatic N) is 2. The third-order valence-corrected chi connectivity index (χ3v) is 4.21. The van der Waals surface area contributed by atoms with Gasteiger partial charge in [0.15, 0.2) is 0 Å². The molecule has 0 spiro atoms. The van der Waals surface area contributed by atoms with E-state index in [-0.39, 0.29) is 23.7 Å². The summed E-state index contributed by atoms with van der Waals surface area (Å²) in [4.78, 5) is 31.8. The van der Waals surface area contributed by atoms with Gasteiger partial charge in [-0.25, -0.2) is 4.98 Å². The fourth-order valence-electron chi connectivity index (χ4n) is 2.43. The molecule has 0 radical (unpaired) electrons. The fraction of sp³-hybridized carbons (Fsp3) is 0.250. The number of benzene rings is 1. The number of aromatic nitrogens is 2. The minimum absolute atomic E-state index is 0.0461. The van der Waals surface area contributed by atoms with Crippen molar-refractivity contribution in [2.45, 2.75) is 11.8 Å². The Morgan fingerprint density at radius 2 is 1.68 bits per heavy atom. The predicted molar refractivity (Wildman–Crippen MR) is 89.9 cm³/mol. The van der Waals surface area contributed by atoms with Gasteiger partial charge in [0.25, 0.3) is 5.88 Å². The maximum Gasteiger partial charge on any atom is 0.327 e. The van der Waals surface area contributed by atoms with E-state index < -0.39 is 17.4 Å². The van der Waals surface area contributed by atoms with Gasteiger partial charge in [-0.2, -0.15) is 4.98 Å². The Hall–Kier alpha value is -2.68. The van der Waals surface area contributed by atoms with E-state index in [9.17, 15) is 19.8 Å². The fourth-order valence-corrected chi connectivity index (χ4v) is 2.69. The van der Waals surface area contributed by atoms with Crippen molar-refractivity contribution in [3.8, 4) is 11.6 Å². The average Bonchev–Trinajstić information content (AvgIpc) is 2.59. The van der Waals surface area contributed by atoms with Gasteiger partial charge in [0.1, 0.15) is 12.0 Å². The van der Waals surface area contributed by atoms with Crippen LogP contribution in [0.15, 0.2) is 35.1 Å². The molecule has 2 N–H and O–H groups in total. The van der Waals surface area contributed by atoms with Crippen LogP contribution in [-0.2, 0) is 21.4 Å². The molecule has 9 heteroatoms. The first-order chi connectivity index (χ1) is 11.9. The number of halogens is 1. The summed E-state index contributed by atoms with van der Waals surface area (Å²) in [6.45, 7) is 0. The molecule has 132 valence electrons. The Morgan fingerprint density at radius 1 is 1.08 bits per heavy atom. The normalized spacial score (nSPS) is 11.0. The van der Waals surface area contributed by atoms with Crippen molar-refractivity contribution < 1.29 is 29.3 Å². The molecule has 0 bridgehead atoms. The number of hydrogen-bond acceptors (Lipinski definition) is 6. The summed E-state index contributed by atoms with van der Waals surface area (Å²) in [5.74, 6) is -3.31. The van der Waals surface area contributed by atoms with Gasteiger partial charge in [-0.1, -0.05) is 28.1 Å². The van der Waals surface area contributed by atoms with Crippen molar-refractivity contribution in [1.29, 1.82) is 0 Å². The van der Waals surface area contributed by atoms with E-state index in [4.69, 9.17) is 9.47 Å². The molecule has 0 atom stereocenters. The summed E-state index contributed by atoms with van der Waals surface area (Å²) >= 11 is 3.28. The lowest BCUT2D eigenvalue weighted by Gasteiger charge is -2.26. The highest BCUT2D eigenvalue weighted by Crippen LogP contribution is 2.38. The minimum Gasteiger partial charge on any atom is -0.490 e. The Bertz CT molecular complexity index is 780. The van der Waals surface area contributed by atoms with Crippen LogP contribution in [-0.4, -0.2) is 46.3 Å². The third-order valence-electron chi connectivity index (χ3n) is 3.69. The van der Waals surface area contributed by atoms with E-state index in [2.05, 4.69) is 25.9 Å². The molecular weight excluding hydrogens is 396 g/mol. The van der Waals surface area contributed by atoms with E-state index in [1.807, 2.05) is 0 Å². The van der Waals surface area contributed by atoms with Crippen LogP contribution >= 0.6 is 15.9 Å². The molecule has 1 aromatic carbocycles. The third kappa shape index (κ3) is 3.41. The van der Waals surface area contributed by atoms with Crippen LogP contribution < -0.4 is 9.47 Å². The monoisotopic (exact) mass is 410 g/mol. The van der Waals surface area contributed by atoms with E-state index in [1.54, 1.807) is 24.3 Å². The maximum atomic E-state index is 12.1. The smallest absolute Gasteiger partial charge is 0.327 e. The zero-order valence-electron chi connectivity index (χ0n) is 13.4. The summed E-state index contributed by atoms with van der Waals surface area (Å²) in [6, 6.07) is 6.66. The largest absolute Gasteiger partial charge is 0.490 e. The van der Waals surface area contributed by atoms with Gasteiger partial charge in [0.05, 0.1) is 14.2 Å². The Morgan fingerprint density at radius 3 is 2.16 bits per heavy atom. The van der Waals surface area contributed by atoms with Gasteiger partial charge in [0.2, 0.25) is 11.2 Å². The van der Waals surface area contributed by atoms with E-state index >= 15 is 0 Å². The lowest BCUT2D eigenvalue weighted by molar-refractivity contribution is -0.158. The van der Waals surface area contributed by atoms with Crippen molar-refractivity contribution >= 4 is 27.9 Å². The van der Waals surface area contributed by atoms with Crippen LogP contribution in [0.4, 0.5) is 0 Å². The van der Waals surface area contributed by atoms with Gasteiger partial charge in [0, 0.05) is 10.9 Å². The quantitative estimate of drug-likeness (QED) is 0.664. The number of rotatable bonds is 7. The molecule has 0 aliphatic rings. The standard InChI is InChI=1S/C16H15BrN2O6/c1-24-11-12(18-8-19-13(11)25-2)16(14(20)21,15(22)23)7-9-3-5-10(17)6-4-9/h3-6,8H,7H2,1-2H3,(H,20,21)(H,22,23). The molecule has 2 aromatic rings. The lowest BCUT2D eigenvalue weighted by Crippen LogP contribution is -2.46. The first-order valence-corrected chi connectivity index (χ1v) is 7.80. The summed E-state index contributed by atoms with van der Waals surface area (Å²) in [6.07, 6.45) is 0.709. The van der Waals surface area contributed by atoms with Crippen molar-refractivity contribution in [1.82, 2.24) is 9.97 Å². The molecular formula is C16H15BrN2O6. The van der Waals surface area contributed by atoms with E-state index in [1.165, 1.54) is 14.2 Å². The molecule has 25 heavy (non-hydrogen) atoms. The number of aliphatic carboxylic acids is 2.